The summed E-state index contributed by atoms with van der Waals surface area (Å²) in [6.45, 7) is 8.62. The molecule has 5 nitrogen and oxygen atoms in total. The maximum Gasteiger partial charge on any atom is 0.225 e. The zero-order valence-electron chi connectivity index (χ0n) is 16.7. The third kappa shape index (κ3) is 6.04. The fourth-order valence-corrected chi connectivity index (χ4v) is 3.26. The van der Waals surface area contributed by atoms with E-state index in [1.165, 1.54) is 11.1 Å². The summed E-state index contributed by atoms with van der Waals surface area (Å²) in [7, 11) is 1.81. The molecule has 0 aromatic heterocycles. The van der Waals surface area contributed by atoms with Crippen LogP contribution in [-0.4, -0.2) is 49.5 Å². The monoisotopic (exact) mass is 358 g/mol. The standard InChI is InChI=1S/C21H34N4O/c1-5-17-6-8-18(9-7-17)10-13-23-21(22-4)24-19-11-14-25(15-12-19)20(26)16(2)3/h6-9,16,19H,5,10-15H2,1-4H3,(H2,22,23,24). The molecule has 0 spiro atoms. The number of aryl methyl sites for hydroxylation is 1. The average Bonchev–Trinajstić information content (AvgIpc) is 2.67. The number of hydrogen-bond acceptors (Lipinski definition) is 2. The third-order valence-corrected chi connectivity index (χ3v) is 5.00. The number of hydrogen-bond donors (Lipinski definition) is 2. The summed E-state index contributed by atoms with van der Waals surface area (Å²) in [6.07, 6.45) is 4.00. The minimum Gasteiger partial charge on any atom is -0.356 e. The van der Waals surface area contributed by atoms with Crippen LogP contribution in [0.4, 0.5) is 0 Å². The Labute approximate surface area is 158 Å². The Balaban J connectivity index is 1.72. The third-order valence-electron chi connectivity index (χ3n) is 5.00. The lowest BCUT2D eigenvalue weighted by atomic mass is 10.0. The van der Waals surface area contributed by atoms with Crippen LogP contribution in [0, 0.1) is 5.92 Å². The second kappa shape index (κ2) is 10.2. The first kappa shape index (κ1) is 20.3. The van der Waals surface area contributed by atoms with Crippen molar-refractivity contribution in [1.29, 1.82) is 0 Å². The highest BCUT2D eigenvalue weighted by Crippen LogP contribution is 2.13. The van der Waals surface area contributed by atoms with Crippen molar-refractivity contribution in [3.63, 3.8) is 0 Å². The van der Waals surface area contributed by atoms with Gasteiger partial charge in [-0.15, -0.1) is 0 Å². The number of carbonyl (C=O) groups excluding carboxylic acids is 1. The number of rotatable bonds is 6. The first-order valence-electron chi connectivity index (χ1n) is 9.87. The number of likely N-dealkylation sites (tertiary alicyclic amines) is 1. The van der Waals surface area contributed by atoms with Crippen LogP contribution in [0.5, 0.6) is 0 Å². The van der Waals surface area contributed by atoms with E-state index in [-0.39, 0.29) is 11.8 Å². The zero-order valence-corrected chi connectivity index (χ0v) is 16.7. The van der Waals surface area contributed by atoms with Gasteiger partial charge >= 0.3 is 0 Å². The highest BCUT2D eigenvalue weighted by Gasteiger charge is 2.24. The maximum atomic E-state index is 12.1. The van der Waals surface area contributed by atoms with Crippen molar-refractivity contribution in [3.05, 3.63) is 35.4 Å². The molecule has 0 unspecified atom stereocenters. The topological polar surface area (TPSA) is 56.7 Å². The van der Waals surface area contributed by atoms with E-state index in [0.717, 1.165) is 51.3 Å². The Morgan fingerprint density at radius 1 is 1.19 bits per heavy atom. The van der Waals surface area contributed by atoms with Crippen LogP contribution in [0.25, 0.3) is 0 Å². The van der Waals surface area contributed by atoms with Crippen molar-refractivity contribution < 1.29 is 4.79 Å². The smallest absolute Gasteiger partial charge is 0.225 e. The van der Waals surface area contributed by atoms with Crippen molar-refractivity contribution >= 4 is 11.9 Å². The van der Waals surface area contributed by atoms with E-state index >= 15 is 0 Å². The van der Waals surface area contributed by atoms with Gasteiger partial charge in [0.15, 0.2) is 5.96 Å². The Bertz CT molecular complexity index is 587. The van der Waals surface area contributed by atoms with Gasteiger partial charge in [0.1, 0.15) is 0 Å². The van der Waals surface area contributed by atoms with Gasteiger partial charge in [0.2, 0.25) is 5.91 Å². The van der Waals surface area contributed by atoms with Crippen LogP contribution in [0.3, 0.4) is 0 Å². The molecular weight excluding hydrogens is 324 g/mol. The Hall–Kier alpha value is -2.04. The summed E-state index contributed by atoms with van der Waals surface area (Å²) < 4.78 is 0. The summed E-state index contributed by atoms with van der Waals surface area (Å²) in [4.78, 5) is 18.4. The lowest BCUT2D eigenvalue weighted by Gasteiger charge is -2.34. The van der Waals surface area contributed by atoms with Crippen molar-refractivity contribution in [3.8, 4) is 0 Å². The van der Waals surface area contributed by atoms with Gasteiger partial charge < -0.3 is 15.5 Å². The quantitative estimate of drug-likeness (QED) is 0.607. The molecule has 26 heavy (non-hydrogen) atoms. The van der Waals surface area contributed by atoms with Gasteiger partial charge in [-0.05, 0) is 36.8 Å². The van der Waals surface area contributed by atoms with Crippen LogP contribution in [0.1, 0.15) is 44.7 Å². The van der Waals surface area contributed by atoms with Crippen LogP contribution in [-0.2, 0) is 17.6 Å². The van der Waals surface area contributed by atoms with Crippen molar-refractivity contribution in [2.45, 2.75) is 52.5 Å². The summed E-state index contributed by atoms with van der Waals surface area (Å²) in [5.41, 5.74) is 2.71. The van der Waals surface area contributed by atoms with Crippen molar-refractivity contribution in [1.82, 2.24) is 15.5 Å². The van der Waals surface area contributed by atoms with Gasteiger partial charge in [0.25, 0.3) is 0 Å². The molecule has 1 fully saturated rings. The predicted octanol–water partition coefficient (Wildman–Crippen LogP) is 2.60. The number of piperidine rings is 1. The van der Waals surface area contributed by atoms with E-state index in [2.05, 4.69) is 46.8 Å². The van der Waals surface area contributed by atoms with E-state index < -0.39 is 0 Å². The molecule has 5 heteroatoms. The second-order valence-electron chi connectivity index (χ2n) is 7.32. The second-order valence-corrected chi connectivity index (χ2v) is 7.32. The van der Waals surface area contributed by atoms with Crippen LogP contribution >= 0.6 is 0 Å². The van der Waals surface area contributed by atoms with Crippen molar-refractivity contribution in [2.24, 2.45) is 10.9 Å². The van der Waals surface area contributed by atoms with Gasteiger partial charge in [-0.25, -0.2) is 0 Å². The molecule has 1 heterocycles. The van der Waals surface area contributed by atoms with Crippen LogP contribution < -0.4 is 10.6 Å². The zero-order chi connectivity index (χ0) is 18.9. The van der Waals surface area contributed by atoms with E-state index in [1.54, 1.807) is 0 Å². The molecule has 1 aromatic carbocycles. The molecule has 0 aliphatic carbocycles. The molecule has 0 radical (unpaired) electrons. The van der Waals surface area contributed by atoms with Gasteiger partial charge in [-0.2, -0.15) is 0 Å². The van der Waals surface area contributed by atoms with E-state index in [4.69, 9.17) is 0 Å². The first-order chi connectivity index (χ1) is 12.5. The highest BCUT2D eigenvalue weighted by molar-refractivity contribution is 5.80. The van der Waals surface area contributed by atoms with E-state index in [0.29, 0.717) is 6.04 Å². The number of guanidine groups is 1. The predicted molar refractivity (Wildman–Crippen MR) is 108 cm³/mol. The normalized spacial score (nSPS) is 16.0. The minimum atomic E-state index is 0.0836. The van der Waals surface area contributed by atoms with Gasteiger partial charge in [-0.1, -0.05) is 45.0 Å². The number of carbonyl (C=O) groups is 1. The maximum absolute atomic E-state index is 12.1. The molecule has 1 amide bonds. The first-order valence-corrected chi connectivity index (χ1v) is 9.87. The fourth-order valence-electron chi connectivity index (χ4n) is 3.26. The number of nitrogens with one attached hydrogen (secondary N) is 2. The summed E-state index contributed by atoms with van der Waals surface area (Å²) >= 11 is 0. The van der Waals surface area contributed by atoms with E-state index in [9.17, 15) is 4.79 Å². The molecule has 0 saturated carbocycles. The average molecular weight is 359 g/mol. The molecule has 2 N–H and O–H groups in total. The summed E-state index contributed by atoms with van der Waals surface area (Å²) in [5.74, 6) is 1.20. The molecule has 0 bridgehead atoms. The largest absolute Gasteiger partial charge is 0.356 e. The minimum absolute atomic E-state index is 0.0836. The lowest BCUT2D eigenvalue weighted by molar-refractivity contribution is -0.135. The van der Waals surface area contributed by atoms with Crippen molar-refractivity contribution in [2.75, 3.05) is 26.7 Å². The van der Waals surface area contributed by atoms with Gasteiger partial charge in [-0.3, -0.25) is 9.79 Å². The Morgan fingerprint density at radius 2 is 1.81 bits per heavy atom. The Morgan fingerprint density at radius 3 is 2.35 bits per heavy atom. The summed E-state index contributed by atoms with van der Waals surface area (Å²) in [5, 5.41) is 6.90. The number of amides is 1. The van der Waals surface area contributed by atoms with Gasteiger partial charge in [0.05, 0.1) is 0 Å². The molecule has 2 rings (SSSR count). The molecular formula is C21H34N4O. The number of nitrogens with zero attached hydrogens (tertiary/aromatic N) is 2. The molecule has 0 atom stereocenters. The molecule has 144 valence electrons. The van der Waals surface area contributed by atoms with Gasteiger partial charge in [0, 0.05) is 38.6 Å². The molecule has 1 aliphatic heterocycles. The molecule has 1 aliphatic rings. The summed E-state index contributed by atoms with van der Waals surface area (Å²) in [6, 6.07) is 9.20. The molecule has 1 saturated heterocycles. The molecule has 1 aromatic rings. The SMILES string of the molecule is CCc1ccc(CCNC(=NC)NC2CCN(C(=O)C(C)C)CC2)cc1. The van der Waals surface area contributed by atoms with Crippen LogP contribution in [0.2, 0.25) is 0 Å². The number of benzene rings is 1. The number of aliphatic imine (C=N–C) groups is 1. The van der Waals surface area contributed by atoms with Crippen LogP contribution in [0.15, 0.2) is 29.3 Å². The Kier molecular flexibility index (Phi) is 7.95. The highest BCUT2D eigenvalue weighted by atomic mass is 16.2. The van der Waals surface area contributed by atoms with E-state index in [1.807, 2.05) is 25.8 Å². The lowest BCUT2D eigenvalue weighted by Crippen LogP contribution is -2.50. The fraction of sp³-hybridized carbons (Fsp3) is 0.619.